The zero-order valence-corrected chi connectivity index (χ0v) is 20.7. The highest BCUT2D eigenvalue weighted by Crippen LogP contribution is 2.20. The first-order valence-corrected chi connectivity index (χ1v) is 9.59. The van der Waals surface area contributed by atoms with Crippen LogP contribution in [-0.2, 0) is 0 Å². The fourth-order valence-corrected chi connectivity index (χ4v) is 2.85. The summed E-state index contributed by atoms with van der Waals surface area (Å²) in [4.78, 5) is 6.47. The van der Waals surface area contributed by atoms with Gasteiger partial charge in [-0.05, 0) is 56.1 Å². The number of nitrogens with zero attached hydrogens (tertiary/aromatic N) is 2. The molecule has 2 rings (SSSR count). The molecule has 0 spiro atoms. The molecule has 2 aromatic rings. The van der Waals surface area contributed by atoms with Gasteiger partial charge in [0.25, 0.3) is 0 Å². The van der Waals surface area contributed by atoms with E-state index in [1.807, 2.05) is 36.4 Å². The summed E-state index contributed by atoms with van der Waals surface area (Å²) in [5, 5.41) is 6.66. The molecule has 0 saturated carbocycles. The van der Waals surface area contributed by atoms with E-state index in [-0.39, 0.29) is 30.0 Å². The van der Waals surface area contributed by atoms with Gasteiger partial charge in [-0.15, -0.1) is 24.0 Å². The molecule has 0 aromatic heterocycles. The van der Waals surface area contributed by atoms with Crippen LogP contribution < -0.4 is 24.8 Å². The first kappa shape index (κ1) is 25.8. The Morgan fingerprint density at radius 2 is 1.43 bits per heavy atom. The van der Waals surface area contributed by atoms with E-state index in [0.29, 0.717) is 13.2 Å². The lowest BCUT2D eigenvalue weighted by Gasteiger charge is -2.26. The molecule has 1 unspecified atom stereocenters. The highest BCUT2D eigenvalue weighted by molar-refractivity contribution is 14.0. The summed E-state index contributed by atoms with van der Waals surface area (Å²) < 4.78 is 16.1. The summed E-state index contributed by atoms with van der Waals surface area (Å²) in [7, 11) is 9.21. The minimum atomic E-state index is 0. The van der Waals surface area contributed by atoms with Gasteiger partial charge < -0.3 is 29.7 Å². The molecule has 0 bridgehead atoms. The number of methoxy groups -OCH3 is 2. The van der Waals surface area contributed by atoms with Crippen molar-refractivity contribution < 1.29 is 14.2 Å². The number of rotatable bonds is 10. The Hall–Kier alpha value is -2.20. The minimum Gasteiger partial charge on any atom is -0.497 e. The van der Waals surface area contributed by atoms with Crippen LogP contribution in [0.2, 0.25) is 0 Å². The van der Waals surface area contributed by atoms with Gasteiger partial charge >= 0.3 is 0 Å². The lowest BCUT2D eigenvalue weighted by Crippen LogP contribution is -2.43. The third-order valence-electron chi connectivity index (χ3n) is 4.53. The van der Waals surface area contributed by atoms with Crippen molar-refractivity contribution in [3.8, 4) is 17.2 Å². The number of aliphatic imine (C=N–C) groups is 1. The van der Waals surface area contributed by atoms with Crippen molar-refractivity contribution >= 4 is 29.9 Å². The molecule has 0 fully saturated rings. The number of hydrogen-bond acceptors (Lipinski definition) is 5. The summed E-state index contributed by atoms with van der Waals surface area (Å²) in [6.45, 7) is 1.89. The number of benzene rings is 2. The minimum absolute atomic E-state index is 0. The lowest BCUT2D eigenvalue weighted by atomic mass is 10.1. The predicted octanol–water partition coefficient (Wildman–Crippen LogP) is 3.17. The molecule has 8 heteroatoms. The molecule has 2 N–H and O–H groups in total. The van der Waals surface area contributed by atoms with Crippen LogP contribution in [0.15, 0.2) is 53.5 Å². The quantitative estimate of drug-likeness (QED) is 0.214. The second-order valence-corrected chi connectivity index (χ2v) is 6.66. The molecule has 0 radical (unpaired) electrons. The summed E-state index contributed by atoms with van der Waals surface area (Å²) >= 11 is 0. The first-order valence-electron chi connectivity index (χ1n) is 9.59. The number of guanidine groups is 1. The van der Waals surface area contributed by atoms with Crippen LogP contribution in [0.25, 0.3) is 0 Å². The number of halogens is 1. The molecule has 30 heavy (non-hydrogen) atoms. The highest BCUT2D eigenvalue weighted by Gasteiger charge is 2.14. The largest absolute Gasteiger partial charge is 0.497 e. The zero-order valence-electron chi connectivity index (χ0n) is 18.3. The van der Waals surface area contributed by atoms with E-state index in [0.717, 1.165) is 29.8 Å². The third-order valence-corrected chi connectivity index (χ3v) is 4.53. The van der Waals surface area contributed by atoms with E-state index in [1.165, 1.54) is 5.56 Å². The molecule has 1 atom stereocenters. The van der Waals surface area contributed by atoms with Crippen molar-refractivity contribution in [3.63, 3.8) is 0 Å². The van der Waals surface area contributed by atoms with E-state index < -0.39 is 0 Å². The monoisotopic (exact) mass is 528 g/mol. The topological polar surface area (TPSA) is 67.4 Å². The van der Waals surface area contributed by atoms with Gasteiger partial charge in [-0.3, -0.25) is 4.99 Å². The molecular weight excluding hydrogens is 495 g/mol. The van der Waals surface area contributed by atoms with Gasteiger partial charge in [0.1, 0.15) is 23.9 Å². The highest BCUT2D eigenvalue weighted by atomic mass is 127. The van der Waals surface area contributed by atoms with Crippen molar-refractivity contribution in [1.82, 2.24) is 15.5 Å². The summed E-state index contributed by atoms with van der Waals surface area (Å²) in [6.07, 6.45) is 0. The van der Waals surface area contributed by atoms with Crippen LogP contribution in [0, 0.1) is 0 Å². The molecule has 7 nitrogen and oxygen atoms in total. The maximum atomic E-state index is 5.73. The number of ether oxygens (including phenoxy) is 3. The Bertz CT molecular complexity index is 752. The number of hydrogen-bond donors (Lipinski definition) is 2. The maximum Gasteiger partial charge on any atom is 0.191 e. The van der Waals surface area contributed by atoms with Crippen molar-refractivity contribution in [2.45, 2.75) is 6.04 Å². The van der Waals surface area contributed by atoms with Crippen LogP contribution in [-0.4, -0.2) is 65.9 Å². The molecule has 2 aromatic carbocycles. The zero-order chi connectivity index (χ0) is 21.1. The Balaban J connectivity index is 0.00000450. The molecule has 166 valence electrons. The Kier molecular flexibility index (Phi) is 12.0. The maximum absolute atomic E-state index is 5.73. The van der Waals surface area contributed by atoms with Crippen molar-refractivity contribution in [3.05, 3.63) is 54.1 Å². The van der Waals surface area contributed by atoms with Gasteiger partial charge in [-0.1, -0.05) is 12.1 Å². The second-order valence-electron chi connectivity index (χ2n) is 6.66. The third kappa shape index (κ3) is 8.27. The first-order chi connectivity index (χ1) is 14.1. The van der Waals surface area contributed by atoms with Gasteiger partial charge in [0.2, 0.25) is 0 Å². The number of nitrogens with one attached hydrogen (secondary N) is 2. The summed E-state index contributed by atoms with van der Waals surface area (Å²) in [5.41, 5.74) is 1.21. The molecule has 0 aliphatic rings. The smallest absolute Gasteiger partial charge is 0.191 e. The van der Waals surface area contributed by atoms with Crippen molar-refractivity contribution in [2.24, 2.45) is 4.99 Å². The SMILES string of the molecule is CN=C(NCCOc1ccc(OC)cc1)NCC(c1ccc(OC)cc1)N(C)C.I. The van der Waals surface area contributed by atoms with Crippen LogP contribution >= 0.6 is 24.0 Å². The molecular formula is C22H33IN4O3. The van der Waals surface area contributed by atoms with E-state index >= 15 is 0 Å². The van der Waals surface area contributed by atoms with Crippen LogP contribution in [0.5, 0.6) is 17.2 Å². The number of likely N-dealkylation sites (N-methyl/N-ethyl adjacent to an activating group) is 1. The molecule has 0 aliphatic carbocycles. The van der Waals surface area contributed by atoms with Gasteiger partial charge in [0, 0.05) is 13.6 Å². The molecule has 0 amide bonds. The fourth-order valence-electron chi connectivity index (χ4n) is 2.85. The van der Waals surface area contributed by atoms with Gasteiger partial charge in [0.15, 0.2) is 5.96 Å². The van der Waals surface area contributed by atoms with E-state index in [2.05, 4.69) is 46.8 Å². The van der Waals surface area contributed by atoms with Crippen LogP contribution in [0.3, 0.4) is 0 Å². The predicted molar refractivity (Wildman–Crippen MR) is 133 cm³/mol. The van der Waals surface area contributed by atoms with Crippen molar-refractivity contribution in [2.75, 3.05) is 55.1 Å². The second kappa shape index (κ2) is 13.9. The molecule has 0 heterocycles. The summed E-state index contributed by atoms with van der Waals surface area (Å²) in [5.74, 6) is 3.22. The average Bonchev–Trinajstić information content (AvgIpc) is 2.76. The van der Waals surface area contributed by atoms with Crippen molar-refractivity contribution in [1.29, 1.82) is 0 Å². The Morgan fingerprint density at radius 3 is 1.93 bits per heavy atom. The van der Waals surface area contributed by atoms with E-state index in [1.54, 1.807) is 21.3 Å². The van der Waals surface area contributed by atoms with Gasteiger partial charge in [-0.25, -0.2) is 0 Å². The van der Waals surface area contributed by atoms with Gasteiger partial charge in [0.05, 0.1) is 26.8 Å². The standard InChI is InChI=1S/C22H32N4O3.HI/c1-23-22(24-14-15-29-20-12-10-19(28-5)11-13-20)25-16-21(26(2)3)17-6-8-18(27-4)9-7-17;/h6-13,21H,14-16H2,1-5H3,(H2,23,24,25);1H. The fraction of sp³-hybridized carbons (Fsp3) is 0.409. The van der Waals surface area contributed by atoms with Gasteiger partial charge in [-0.2, -0.15) is 0 Å². The van der Waals surface area contributed by atoms with E-state index in [9.17, 15) is 0 Å². The lowest BCUT2D eigenvalue weighted by molar-refractivity contribution is 0.297. The molecule has 0 aliphatic heterocycles. The van der Waals surface area contributed by atoms with Crippen LogP contribution in [0.4, 0.5) is 0 Å². The normalized spacial score (nSPS) is 12.0. The van der Waals surface area contributed by atoms with E-state index in [4.69, 9.17) is 14.2 Å². The van der Waals surface area contributed by atoms with Crippen LogP contribution in [0.1, 0.15) is 11.6 Å². The average molecular weight is 528 g/mol. The molecule has 0 saturated heterocycles. The summed E-state index contributed by atoms with van der Waals surface area (Å²) in [6, 6.07) is 15.9. The Morgan fingerprint density at radius 1 is 0.900 bits per heavy atom. The Labute approximate surface area is 196 Å².